The summed E-state index contributed by atoms with van der Waals surface area (Å²) in [5, 5.41) is 2.73. The molecule has 0 spiro atoms. The van der Waals surface area contributed by atoms with E-state index in [9.17, 15) is 13.2 Å². The molecule has 2 unspecified atom stereocenters. The SMILES string of the molecule is CC1Cc2ccccc2N1c1cnc(C(=O)NC2CCS(=O)(=O)C2)cn1. The third-order valence-electron chi connectivity index (χ3n) is 4.89. The number of para-hydroxylation sites is 1. The van der Waals surface area contributed by atoms with Gasteiger partial charge in [-0.2, -0.15) is 0 Å². The molecule has 0 radical (unpaired) electrons. The zero-order valence-electron chi connectivity index (χ0n) is 14.4. The third-order valence-corrected chi connectivity index (χ3v) is 6.66. The van der Waals surface area contributed by atoms with Gasteiger partial charge in [-0.15, -0.1) is 0 Å². The van der Waals surface area contributed by atoms with Crippen molar-refractivity contribution in [1.29, 1.82) is 0 Å². The van der Waals surface area contributed by atoms with Crippen LogP contribution in [0.5, 0.6) is 0 Å². The number of hydrogen-bond acceptors (Lipinski definition) is 6. The predicted octanol–water partition coefficient (Wildman–Crippen LogP) is 1.48. The molecular formula is C18H20N4O3S. The second-order valence-electron chi connectivity index (χ2n) is 6.89. The molecule has 2 aliphatic rings. The number of fused-ring (bicyclic) bond motifs is 1. The monoisotopic (exact) mass is 372 g/mol. The van der Waals surface area contributed by atoms with E-state index in [0.717, 1.165) is 12.1 Å². The number of anilines is 2. The van der Waals surface area contributed by atoms with Crippen LogP contribution in [0, 0.1) is 0 Å². The summed E-state index contributed by atoms with van der Waals surface area (Å²) in [6.45, 7) is 2.13. The zero-order chi connectivity index (χ0) is 18.3. The molecule has 0 saturated carbocycles. The summed E-state index contributed by atoms with van der Waals surface area (Å²) >= 11 is 0. The highest BCUT2D eigenvalue weighted by Gasteiger charge is 2.30. The molecule has 2 aliphatic heterocycles. The molecule has 2 aromatic rings. The van der Waals surface area contributed by atoms with Crippen LogP contribution < -0.4 is 10.2 Å². The number of benzene rings is 1. The predicted molar refractivity (Wildman–Crippen MR) is 98.3 cm³/mol. The Labute approximate surface area is 152 Å². The second-order valence-corrected chi connectivity index (χ2v) is 9.11. The molecule has 7 nitrogen and oxygen atoms in total. The van der Waals surface area contributed by atoms with Gasteiger partial charge in [-0.05, 0) is 31.4 Å². The van der Waals surface area contributed by atoms with Crippen LogP contribution in [0.3, 0.4) is 0 Å². The highest BCUT2D eigenvalue weighted by Crippen LogP contribution is 2.36. The van der Waals surface area contributed by atoms with E-state index in [0.29, 0.717) is 12.2 Å². The van der Waals surface area contributed by atoms with Gasteiger partial charge in [0.05, 0.1) is 23.9 Å². The van der Waals surface area contributed by atoms with Gasteiger partial charge in [0, 0.05) is 17.8 Å². The minimum absolute atomic E-state index is 0.00761. The fraction of sp³-hybridized carbons (Fsp3) is 0.389. The molecule has 4 rings (SSSR count). The first-order valence-corrected chi connectivity index (χ1v) is 10.5. The lowest BCUT2D eigenvalue weighted by Gasteiger charge is -2.23. The van der Waals surface area contributed by atoms with Crippen molar-refractivity contribution in [2.24, 2.45) is 0 Å². The molecule has 0 aliphatic carbocycles. The van der Waals surface area contributed by atoms with Crippen molar-refractivity contribution in [1.82, 2.24) is 15.3 Å². The minimum atomic E-state index is -3.03. The summed E-state index contributed by atoms with van der Waals surface area (Å²) in [5.41, 5.74) is 2.58. The fourth-order valence-corrected chi connectivity index (χ4v) is 5.32. The second kappa shape index (κ2) is 6.35. The van der Waals surface area contributed by atoms with E-state index in [1.807, 2.05) is 12.1 Å². The maximum absolute atomic E-state index is 12.3. The largest absolute Gasteiger partial charge is 0.347 e. The average Bonchev–Trinajstić information content (AvgIpc) is 3.13. The smallest absolute Gasteiger partial charge is 0.271 e. The summed E-state index contributed by atoms with van der Waals surface area (Å²) < 4.78 is 23.0. The molecule has 1 aromatic carbocycles. The molecule has 3 heterocycles. The van der Waals surface area contributed by atoms with E-state index < -0.39 is 9.84 Å². The summed E-state index contributed by atoms with van der Waals surface area (Å²) in [7, 11) is -3.03. The molecule has 1 saturated heterocycles. The van der Waals surface area contributed by atoms with Crippen LogP contribution in [0.2, 0.25) is 0 Å². The van der Waals surface area contributed by atoms with Gasteiger partial charge in [0.1, 0.15) is 5.69 Å². The molecule has 1 aromatic heterocycles. The molecule has 2 atom stereocenters. The van der Waals surface area contributed by atoms with Gasteiger partial charge in [-0.3, -0.25) is 4.79 Å². The molecule has 0 bridgehead atoms. The van der Waals surface area contributed by atoms with Crippen molar-refractivity contribution in [3.63, 3.8) is 0 Å². The molecule has 26 heavy (non-hydrogen) atoms. The standard InChI is InChI=1S/C18H20N4O3S/c1-12-8-13-4-2-3-5-16(13)22(12)17-10-19-15(9-20-17)18(23)21-14-6-7-26(24,25)11-14/h2-5,9-10,12,14H,6-8,11H2,1H3,(H,21,23). The Hall–Kier alpha value is -2.48. The van der Waals surface area contributed by atoms with E-state index in [1.54, 1.807) is 6.20 Å². The van der Waals surface area contributed by atoms with Crippen LogP contribution in [0.1, 0.15) is 29.4 Å². The number of rotatable bonds is 3. The Morgan fingerprint density at radius 1 is 1.23 bits per heavy atom. The van der Waals surface area contributed by atoms with Crippen molar-refractivity contribution in [3.8, 4) is 0 Å². The lowest BCUT2D eigenvalue weighted by Crippen LogP contribution is -2.36. The first-order valence-electron chi connectivity index (χ1n) is 8.63. The number of carbonyl (C=O) groups is 1. The normalized spacial score (nSPS) is 23.7. The highest BCUT2D eigenvalue weighted by atomic mass is 32.2. The minimum Gasteiger partial charge on any atom is -0.347 e. The van der Waals surface area contributed by atoms with Crippen molar-refractivity contribution >= 4 is 27.2 Å². The van der Waals surface area contributed by atoms with E-state index in [4.69, 9.17) is 0 Å². The Morgan fingerprint density at radius 2 is 2.04 bits per heavy atom. The lowest BCUT2D eigenvalue weighted by atomic mass is 10.1. The highest BCUT2D eigenvalue weighted by molar-refractivity contribution is 7.91. The number of nitrogens with one attached hydrogen (secondary N) is 1. The molecule has 1 N–H and O–H groups in total. The third kappa shape index (κ3) is 3.16. The van der Waals surface area contributed by atoms with Gasteiger partial charge >= 0.3 is 0 Å². The Kier molecular flexibility index (Phi) is 4.14. The molecular weight excluding hydrogens is 352 g/mol. The number of sulfone groups is 1. The van der Waals surface area contributed by atoms with Crippen LogP contribution in [-0.2, 0) is 16.3 Å². The first-order chi connectivity index (χ1) is 12.4. The quantitative estimate of drug-likeness (QED) is 0.877. The number of hydrogen-bond donors (Lipinski definition) is 1. The number of amides is 1. The van der Waals surface area contributed by atoms with Gasteiger partial charge in [0.15, 0.2) is 15.7 Å². The van der Waals surface area contributed by atoms with E-state index in [2.05, 4.69) is 39.2 Å². The van der Waals surface area contributed by atoms with Crippen LogP contribution in [0.15, 0.2) is 36.7 Å². The van der Waals surface area contributed by atoms with Crippen LogP contribution in [0.4, 0.5) is 11.5 Å². The maximum atomic E-state index is 12.3. The van der Waals surface area contributed by atoms with Crippen molar-refractivity contribution in [3.05, 3.63) is 47.9 Å². The van der Waals surface area contributed by atoms with Crippen molar-refractivity contribution < 1.29 is 13.2 Å². The lowest BCUT2D eigenvalue weighted by molar-refractivity contribution is 0.0935. The summed E-state index contributed by atoms with van der Waals surface area (Å²) in [6.07, 6.45) is 4.43. The average molecular weight is 372 g/mol. The topological polar surface area (TPSA) is 92.3 Å². The summed E-state index contributed by atoms with van der Waals surface area (Å²) in [6, 6.07) is 8.11. The first kappa shape index (κ1) is 17.0. The summed E-state index contributed by atoms with van der Waals surface area (Å²) in [4.78, 5) is 23.1. The Morgan fingerprint density at radius 3 is 2.73 bits per heavy atom. The van der Waals surface area contributed by atoms with Gasteiger partial charge in [-0.25, -0.2) is 18.4 Å². The molecule has 1 amide bonds. The zero-order valence-corrected chi connectivity index (χ0v) is 15.2. The summed E-state index contributed by atoms with van der Waals surface area (Å²) in [5.74, 6) is 0.421. The van der Waals surface area contributed by atoms with Crippen LogP contribution in [-0.4, -0.2) is 47.9 Å². The maximum Gasteiger partial charge on any atom is 0.271 e. The van der Waals surface area contributed by atoms with E-state index in [-0.39, 0.29) is 35.2 Å². The number of nitrogens with zero attached hydrogens (tertiary/aromatic N) is 3. The van der Waals surface area contributed by atoms with Gasteiger partial charge in [-0.1, -0.05) is 18.2 Å². The number of aromatic nitrogens is 2. The fourth-order valence-electron chi connectivity index (χ4n) is 3.65. The Bertz CT molecular complexity index is 943. The Balaban J connectivity index is 1.50. The molecule has 8 heteroatoms. The van der Waals surface area contributed by atoms with Crippen molar-refractivity contribution in [2.45, 2.75) is 31.8 Å². The van der Waals surface area contributed by atoms with Crippen molar-refractivity contribution in [2.75, 3.05) is 16.4 Å². The van der Waals surface area contributed by atoms with Crippen LogP contribution in [0.25, 0.3) is 0 Å². The van der Waals surface area contributed by atoms with Gasteiger partial charge in [0.25, 0.3) is 5.91 Å². The van der Waals surface area contributed by atoms with E-state index in [1.165, 1.54) is 11.8 Å². The van der Waals surface area contributed by atoms with Crippen LogP contribution >= 0.6 is 0 Å². The number of carbonyl (C=O) groups excluding carboxylic acids is 1. The molecule has 136 valence electrons. The van der Waals surface area contributed by atoms with Gasteiger partial charge < -0.3 is 10.2 Å². The molecule has 1 fully saturated rings. The van der Waals surface area contributed by atoms with Gasteiger partial charge in [0.2, 0.25) is 0 Å². The van der Waals surface area contributed by atoms with E-state index >= 15 is 0 Å².